The number of carboxylic acid groups (broad SMARTS) is 1. The van der Waals surface area contributed by atoms with Crippen LogP contribution >= 0.6 is 0 Å². The zero-order valence-corrected chi connectivity index (χ0v) is 23.4. The van der Waals surface area contributed by atoms with Gasteiger partial charge in [0.2, 0.25) is 24.5 Å². The van der Waals surface area contributed by atoms with Gasteiger partial charge in [-0.15, -0.1) is 0 Å². The summed E-state index contributed by atoms with van der Waals surface area (Å²) in [5.41, 5.74) is 0.736. The highest BCUT2D eigenvalue weighted by Gasteiger charge is 2.34. The van der Waals surface area contributed by atoms with Crippen LogP contribution in [0, 0.1) is 0 Å². The van der Waals surface area contributed by atoms with Crippen LogP contribution in [0.2, 0.25) is 0 Å². The lowest BCUT2D eigenvalue weighted by molar-refractivity contribution is -0.195. The van der Waals surface area contributed by atoms with E-state index in [1.807, 2.05) is 0 Å². The van der Waals surface area contributed by atoms with Crippen molar-refractivity contribution in [2.45, 2.75) is 77.0 Å². The number of hydrogen-bond donors (Lipinski definition) is 4. The van der Waals surface area contributed by atoms with Crippen molar-refractivity contribution >= 4 is 42.3 Å². The fourth-order valence-corrected chi connectivity index (χ4v) is 4.05. The molecule has 1 aromatic carbocycles. The molecule has 1 saturated heterocycles. The zero-order valence-electron chi connectivity index (χ0n) is 23.4. The summed E-state index contributed by atoms with van der Waals surface area (Å²) in [5, 5.41) is 24.6. The molecule has 0 saturated carbocycles. The molecule has 0 aliphatic carbocycles. The first-order valence-electron chi connectivity index (χ1n) is 13.5. The fourth-order valence-electron chi connectivity index (χ4n) is 4.05. The molecule has 1 fully saturated rings. The molecule has 3 atom stereocenters. The van der Waals surface area contributed by atoms with Gasteiger partial charge in [0, 0.05) is 38.8 Å². The standard InChI is InChI=1S/C28H37N3O11/c1-2-6-26(37)31(17-32)12-5-3-4-7-24(35)29-11-10-25(36)30-21-13-19(16-40-18-33)8-9-22(21)41-27-15-20(34)14-23(42-27)28(38)39/h2,6,8-9,13,17-18,20,23,27,34H,3-5,7,10-12,14-16H2,1H3,(H,29,35)(H,30,36)(H,38,39)/b6-2-. The summed E-state index contributed by atoms with van der Waals surface area (Å²) in [5.74, 6) is -2.19. The average molecular weight is 592 g/mol. The van der Waals surface area contributed by atoms with Gasteiger partial charge in [0.15, 0.2) is 6.10 Å². The maximum atomic E-state index is 12.6. The van der Waals surface area contributed by atoms with Gasteiger partial charge in [-0.25, -0.2) is 4.79 Å². The second kappa shape index (κ2) is 18.2. The summed E-state index contributed by atoms with van der Waals surface area (Å²) >= 11 is 0. The first-order chi connectivity index (χ1) is 20.2. The van der Waals surface area contributed by atoms with Crippen molar-refractivity contribution in [3.8, 4) is 5.75 Å². The van der Waals surface area contributed by atoms with Gasteiger partial charge >= 0.3 is 5.97 Å². The van der Waals surface area contributed by atoms with E-state index in [-0.39, 0.29) is 69.2 Å². The molecule has 230 valence electrons. The number of allylic oxidation sites excluding steroid dienone is 1. The summed E-state index contributed by atoms with van der Waals surface area (Å²) in [6.45, 7) is 2.21. The van der Waals surface area contributed by atoms with Gasteiger partial charge in [-0.05, 0) is 43.5 Å². The summed E-state index contributed by atoms with van der Waals surface area (Å²) in [4.78, 5) is 70.4. The number of benzene rings is 1. The average Bonchev–Trinajstić information content (AvgIpc) is 2.94. The van der Waals surface area contributed by atoms with Crippen molar-refractivity contribution in [2.75, 3.05) is 18.4 Å². The molecule has 14 heteroatoms. The molecule has 4 amide bonds. The van der Waals surface area contributed by atoms with E-state index in [0.717, 1.165) is 4.90 Å². The van der Waals surface area contributed by atoms with Gasteiger partial charge in [0.25, 0.3) is 12.4 Å². The number of amides is 4. The summed E-state index contributed by atoms with van der Waals surface area (Å²) in [7, 11) is 0. The number of aliphatic hydroxyl groups excluding tert-OH is 1. The molecule has 0 spiro atoms. The SMILES string of the molecule is C/C=C\C(=O)N(C=O)CCCCCC(=O)NCCC(=O)Nc1cc(COC=O)ccc1OC1CC(O)CC(C(=O)O)O1. The zero-order chi connectivity index (χ0) is 30.9. The van der Waals surface area contributed by atoms with E-state index in [9.17, 15) is 39.0 Å². The first-order valence-corrected chi connectivity index (χ1v) is 13.5. The number of nitrogens with one attached hydrogen (secondary N) is 2. The van der Waals surface area contributed by atoms with E-state index >= 15 is 0 Å². The van der Waals surface area contributed by atoms with Crippen LogP contribution in [0.25, 0.3) is 0 Å². The van der Waals surface area contributed by atoms with E-state index < -0.39 is 36.3 Å². The minimum Gasteiger partial charge on any atom is -0.479 e. The van der Waals surface area contributed by atoms with Crippen molar-refractivity contribution < 1.29 is 53.2 Å². The monoisotopic (exact) mass is 591 g/mol. The molecule has 4 N–H and O–H groups in total. The first kappa shape index (κ1) is 33.9. The van der Waals surface area contributed by atoms with Crippen LogP contribution < -0.4 is 15.4 Å². The molecule has 0 aromatic heterocycles. The number of aliphatic carboxylic acids is 1. The smallest absolute Gasteiger partial charge is 0.333 e. The second-order valence-electron chi connectivity index (χ2n) is 9.47. The number of aliphatic hydroxyl groups is 1. The van der Waals surface area contributed by atoms with Gasteiger partial charge in [0.1, 0.15) is 12.4 Å². The largest absolute Gasteiger partial charge is 0.479 e. The van der Waals surface area contributed by atoms with Crippen LogP contribution in [0.5, 0.6) is 5.75 Å². The highest BCUT2D eigenvalue weighted by Crippen LogP contribution is 2.30. The van der Waals surface area contributed by atoms with Gasteiger partial charge in [0.05, 0.1) is 11.8 Å². The quantitative estimate of drug-likeness (QED) is 0.109. The van der Waals surface area contributed by atoms with E-state index in [2.05, 4.69) is 10.6 Å². The molecular weight excluding hydrogens is 554 g/mol. The molecule has 0 radical (unpaired) electrons. The Balaban J connectivity index is 1.84. The van der Waals surface area contributed by atoms with Gasteiger partial charge in [-0.2, -0.15) is 0 Å². The molecular formula is C28H37N3O11. The van der Waals surface area contributed by atoms with Gasteiger partial charge in [-0.3, -0.25) is 28.9 Å². The molecule has 1 aliphatic heterocycles. The lowest BCUT2D eigenvalue weighted by Crippen LogP contribution is -2.42. The minimum absolute atomic E-state index is 0.0167. The van der Waals surface area contributed by atoms with Crippen LogP contribution in [0.4, 0.5) is 5.69 Å². The molecule has 2 rings (SSSR count). The molecule has 1 aromatic rings. The number of carbonyl (C=O) groups is 6. The maximum Gasteiger partial charge on any atom is 0.333 e. The number of ether oxygens (including phenoxy) is 3. The number of nitrogens with zero attached hydrogens (tertiary/aromatic N) is 1. The lowest BCUT2D eigenvalue weighted by Gasteiger charge is -2.31. The third-order valence-electron chi connectivity index (χ3n) is 6.13. The van der Waals surface area contributed by atoms with Crippen molar-refractivity contribution in [3.63, 3.8) is 0 Å². The molecule has 1 aliphatic rings. The predicted molar refractivity (Wildman–Crippen MR) is 147 cm³/mol. The number of carboxylic acids is 1. The number of rotatable bonds is 18. The highest BCUT2D eigenvalue weighted by atomic mass is 16.7. The third-order valence-corrected chi connectivity index (χ3v) is 6.13. The number of unbranched alkanes of at least 4 members (excludes halogenated alkanes) is 2. The Bertz CT molecular complexity index is 1120. The topological polar surface area (TPSA) is 198 Å². The molecule has 3 unspecified atom stereocenters. The van der Waals surface area contributed by atoms with Gasteiger partial charge in [-0.1, -0.05) is 18.6 Å². The van der Waals surface area contributed by atoms with E-state index in [1.54, 1.807) is 19.1 Å². The molecule has 42 heavy (non-hydrogen) atoms. The van der Waals surface area contributed by atoms with Crippen LogP contribution in [0.1, 0.15) is 57.4 Å². The Morgan fingerprint density at radius 2 is 1.88 bits per heavy atom. The Hall–Kier alpha value is -4.30. The fraction of sp³-hybridized carbons (Fsp3) is 0.500. The van der Waals surface area contributed by atoms with Crippen LogP contribution in [-0.2, 0) is 44.8 Å². The van der Waals surface area contributed by atoms with Crippen LogP contribution in [0.3, 0.4) is 0 Å². The highest BCUT2D eigenvalue weighted by molar-refractivity contribution is 5.94. The number of hydrogen-bond acceptors (Lipinski definition) is 10. The van der Waals surface area contributed by atoms with Crippen LogP contribution in [-0.4, -0.2) is 83.3 Å². The Morgan fingerprint density at radius 3 is 2.57 bits per heavy atom. The van der Waals surface area contributed by atoms with Crippen LogP contribution in [0.15, 0.2) is 30.4 Å². The van der Waals surface area contributed by atoms with E-state index in [4.69, 9.17) is 14.2 Å². The van der Waals surface area contributed by atoms with Crippen molar-refractivity contribution in [3.05, 3.63) is 35.9 Å². The van der Waals surface area contributed by atoms with Crippen molar-refractivity contribution in [2.24, 2.45) is 0 Å². The van der Waals surface area contributed by atoms with Crippen molar-refractivity contribution in [1.82, 2.24) is 10.2 Å². The lowest BCUT2D eigenvalue weighted by atomic mass is 10.1. The maximum absolute atomic E-state index is 12.6. The predicted octanol–water partition coefficient (Wildman–Crippen LogP) is 1.26. The van der Waals surface area contributed by atoms with Gasteiger partial charge < -0.3 is 35.1 Å². The number of imide groups is 1. The number of anilines is 1. The second-order valence-corrected chi connectivity index (χ2v) is 9.47. The van der Waals surface area contributed by atoms with E-state index in [1.165, 1.54) is 18.2 Å². The Morgan fingerprint density at radius 1 is 1.10 bits per heavy atom. The molecule has 14 nitrogen and oxygen atoms in total. The van der Waals surface area contributed by atoms with E-state index in [0.29, 0.717) is 31.2 Å². The number of carbonyl (C=O) groups excluding carboxylic acids is 5. The minimum atomic E-state index is -1.25. The summed E-state index contributed by atoms with van der Waals surface area (Å²) in [6, 6.07) is 4.59. The summed E-state index contributed by atoms with van der Waals surface area (Å²) < 4.78 is 15.9. The Labute approximate surface area is 243 Å². The Kier molecular flexibility index (Phi) is 14.7. The normalized spacial score (nSPS) is 18.1. The molecule has 0 bridgehead atoms. The third kappa shape index (κ3) is 12.1. The summed E-state index contributed by atoms with van der Waals surface area (Å²) in [6.07, 6.45) is 1.85. The van der Waals surface area contributed by atoms with Crippen molar-refractivity contribution in [1.29, 1.82) is 0 Å². The molecule has 1 heterocycles.